The minimum atomic E-state index is -1.15. The second-order valence-corrected chi connectivity index (χ2v) is 9.28. The standard InChI is InChI=1S/C31H40N4O8/c1-7-11-22-14-20(15-25(41-9-3)29(22)42-10-4)17-32-35-26(36)18-43-23-13-12-21(16-24(23)40-8-2)28-27(30(37)39-6)19(5)33-31(38)34-28/h7,12-17,26,28,35-36H,1,8-11,18H2,2-6H3,(H2,33,34,38)/b32-17-/t26-,28+/m1/s1. The van der Waals surface area contributed by atoms with Crippen molar-refractivity contribution in [3.8, 4) is 23.0 Å². The van der Waals surface area contributed by atoms with Gasteiger partial charge in [-0.15, -0.1) is 6.58 Å². The van der Waals surface area contributed by atoms with Gasteiger partial charge in [-0.25, -0.2) is 9.59 Å². The predicted octanol–water partition coefficient (Wildman–Crippen LogP) is 3.73. The number of ether oxygens (including phenoxy) is 5. The van der Waals surface area contributed by atoms with Crippen molar-refractivity contribution in [3.05, 3.63) is 70.9 Å². The first-order valence-corrected chi connectivity index (χ1v) is 14.0. The largest absolute Gasteiger partial charge is 0.490 e. The van der Waals surface area contributed by atoms with Crippen molar-refractivity contribution < 1.29 is 38.4 Å². The lowest BCUT2D eigenvalue weighted by Gasteiger charge is -2.28. The number of amides is 2. The number of methoxy groups -OCH3 is 1. The number of hydrazone groups is 1. The minimum absolute atomic E-state index is 0.150. The highest BCUT2D eigenvalue weighted by Gasteiger charge is 2.32. The molecule has 0 unspecified atom stereocenters. The number of hydrogen-bond donors (Lipinski definition) is 4. The van der Waals surface area contributed by atoms with E-state index < -0.39 is 24.3 Å². The van der Waals surface area contributed by atoms with Crippen molar-refractivity contribution in [2.75, 3.05) is 33.5 Å². The SMILES string of the molecule is C=CCc1cc(/C=N\N[C@H](O)COc2ccc([C@@H]3NC(=O)NC(C)=C3C(=O)OC)cc2OCC)cc(OCC)c1OCC. The normalized spacial score (nSPS) is 15.3. The van der Waals surface area contributed by atoms with Crippen molar-refractivity contribution in [2.45, 2.75) is 46.4 Å². The molecule has 0 spiro atoms. The maximum absolute atomic E-state index is 12.4. The van der Waals surface area contributed by atoms with Crippen LogP contribution in [0.5, 0.6) is 23.0 Å². The summed E-state index contributed by atoms with van der Waals surface area (Å²) in [6.07, 6.45) is 2.80. The molecule has 1 aliphatic heterocycles. The fourth-order valence-electron chi connectivity index (χ4n) is 4.46. The van der Waals surface area contributed by atoms with E-state index in [-0.39, 0.29) is 12.2 Å². The summed E-state index contributed by atoms with van der Waals surface area (Å²) < 4.78 is 28.1. The molecule has 0 aliphatic carbocycles. The summed E-state index contributed by atoms with van der Waals surface area (Å²) in [5.41, 5.74) is 5.56. The molecule has 1 heterocycles. The Morgan fingerprint density at radius 2 is 1.79 bits per heavy atom. The molecule has 2 aromatic carbocycles. The molecule has 2 amide bonds. The molecule has 12 nitrogen and oxygen atoms in total. The second-order valence-electron chi connectivity index (χ2n) is 9.28. The molecule has 0 fully saturated rings. The molecule has 0 saturated heterocycles. The molecule has 0 saturated carbocycles. The van der Waals surface area contributed by atoms with Gasteiger partial charge in [0.2, 0.25) is 0 Å². The summed E-state index contributed by atoms with van der Waals surface area (Å²) in [5.74, 6) is 1.44. The summed E-state index contributed by atoms with van der Waals surface area (Å²) in [6, 6.07) is 7.56. The van der Waals surface area contributed by atoms with E-state index >= 15 is 0 Å². The van der Waals surface area contributed by atoms with Crippen LogP contribution in [-0.4, -0.2) is 63.1 Å². The van der Waals surface area contributed by atoms with Gasteiger partial charge in [-0.1, -0.05) is 12.1 Å². The van der Waals surface area contributed by atoms with Gasteiger partial charge < -0.3 is 39.4 Å². The van der Waals surface area contributed by atoms with Gasteiger partial charge in [0, 0.05) is 11.3 Å². The first kappa shape index (κ1) is 32.8. The predicted molar refractivity (Wildman–Crippen MR) is 162 cm³/mol. The number of esters is 1. The van der Waals surface area contributed by atoms with Gasteiger partial charge in [-0.05, 0) is 69.5 Å². The molecule has 43 heavy (non-hydrogen) atoms. The highest BCUT2D eigenvalue weighted by molar-refractivity contribution is 5.95. The monoisotopic (exact) mass is 596 g/mol. The van der Waals surface area contributed by atoms with Crippen LogP contribution in [0.2, 0.25) is 0 Å². The highest BCUT2D eigenvalue weighted by Crippen LogP contribution is 2.35. The van der Waals surface area contributed by atoms with E-state index in [0.29, 0.717) is 60.5 Å². The summed E-state index contributed by atoms with van der Waals surface area (Å²) in [4.78, 5) is 24.6. The van der Waals surface area contributed by atoms with E-state index in [1.54, 1.807) is 37.4 Å². The number of carbonyl (C=O) groups is 2. The van der Waals surface area contributed by atoms with Gasteiger partial charge in [0.05, 0.1) is 44.8 Å². The van der Waals surface area contributed by atoms with Gasteiger partial charge in [0.1, 0.15) is 6.61 Å². The van der Waals surface area contributed by atoms with Crippen molar-refractivity contribution in [2.24, 2.45) is 5.10 Å². The minimum Gasteiger partial charge on any atom is -0.490 e. The molecule has 2 aromatic rings. The summed E-state index contributed by atoms with van der Waals surface area (Å²) in [7, 11) is 1.28. The van der Waals surface area contributed by atoms with E-state index in [1.807, 2.05) is 32.9 Å². The number of benzene rings is 2. The topological polar surface area (TPSA) is 149 Å². The number of rotatable bonds is 16. The molecule has 0 bridgehead atoms. The molecule has 0 radical (unpaired) electrons. The van der Waals surface area contributed by atoms with Crippen molar-refractivity contribution in [1.29, 1.82) is 0 Å². The van der Waals surface area contributed by atoms with Gasteiger partial charge in [-0.3, -0.25) is 5.43 Å². The Hall–Kier alpha value is -4.71. The van der Waals surface area contributed by atoms with Crippen LogP contribution < -0.4 is 35.0 Å². The molecular formula is C31H40N4O8. The third-order valence-electron chi connectivity index (χ3n) is 6.22. The maximum atomic E-state index is 12.4. The van der Waals surface area contributed by atoms with Crippen molar-refractivity contribution >= 4 is 18.2 Å². The zero-order valence-corrected chi connectivity index (χ0v) is 25.2. The number of hydrogen-bond acceptors (Lipinski definition) is 10. The fourth-order valence-corrected chi connectivity index (χ4v) is 4.46. The third-order valence-corrected chi connectivity index (χ3v) is 6.22. The van der Waals surface area contributed by atoms with E-state index in [9.17, 15) is 14.7 Å². The smallest absolute Gasteiger partial charge is 0.337 e. The van der Waals surface area contributed by atoms with Crippen LogP contribution in [0.3, 0.4) is 0 Å². The molecule has 12 heteroatoms. The van der Waals surface area contributed by atoms with Crippen LogP contribution in [0, 0.1) is 0 Å². The van der Waals surface area contributed by atoms with Crippen LogP contribution >= 0.6 is 0 Å². The first-order chi connectivity index (χ1) is 20.8. The highest BCUT2D eigenvalue weighted by atomic mass is 16.5. The number of aliphatic hydroxyl groups excluding tert-OH is 1. The number of aliphatic hydroxyl groups is 1. The van der Waals surface area contributed by atoms with Crippen LogP contribution in [0.1, 0.15) is 50.4 Å². The van der Waals surface area contributed by atoms with E-state index in [0.717, 1.165) is 11.1 Å². The average molecular weight is 597 g/mol. The molecule has 4 N–H and O–H groups in total. The Morgan fingerprint density at radius 3 is 2.47 bits per heavy atom. The number of nitrogens with zero attached hydrogens (tertiary/aromatic N) is 1. The molecule has 2 atom stereocenters. The number of urea groups is 1. The maximum Gasteiger partial charge on any atom is 0.337 e. The number of carbonyl (C=O) groups excluding carboxylic acids is 2. The van der Waals surface area contributed by atoms with E-state index in [1.165, 1.54) is 7.11 Å². The zero-order valence-electron chi connectivity index (χ0n) is 25.2. The Morgan fingerprint density at radius 1 is 1.07 bits per heavy atom. The molecule has 3 rings (SSSR count). The quantitative estimate of drug-likeness (QED) is 0.0748. The van der Waals surface area contributed by atoms with Crippen LogP contribution in [0.4, 0.5) is 4.79 Å². The van der Waals surface area contributed by atoms with Crippen LogP contribution in [0.25, 0.3) is 0 Å². The van der Waals surface area contributed by atoms with E-state index in [4.69, 9.17) is 23.7 Å². The average Bonchev–Trinajstić information content (AvgIpc) is 2.98. The lowest BCUT2D eigenvalue weighted by molar-refractivity contribution is -0.136. The number of nitrogens with one attached hydrogen (secondary N) is 3. The third kappa shape index (κ3) is 8.65. The van der Waals surface area contributed by atoms with Crippen molar-refractivity contribution in [3.63, 3.8) is 0 Å². The molecule has 0 aromatic heterocycles. The zero-order chi connectivity index (χ0) is 31.4. The van der Waals surface area contributed by atoms with E-state index in [2.05, 4.69) is 27.7 Å². The summed E-state index contributed by atoms with van der Waals surface area (Å²) >= 11 is 0. The van der Waals surface area contributed by atoms with Crippen LogP contribution in [-0.2, 0) is 16.0 Å². The van der Waals surface area contributed by atoms with Gasteiger partial charge in [-0.2, -0.15) is 5.10 Å². The number of allylic oxidation sites excluding steroid dienone is 2. The van der Waals surface area contributed by atoms with Crippen LogP contribution in [0.15, 0.2) is 59.4 Å². The Kier molecular flexibility index (Phi) is 12.3. The molecule has 232 valence electrons. The fraction of sp³-hybridized carbons (Fsp3) is 0.387. The van der Waals surface area contributed by atoms with Gasteiger partial charge >= 0.3 is 12.0 Å². The summed E-state index contributed by atoms with van der Waals surface area (Å²) in [6.45, 7) is 12.2. The van der Waals surface area contributed by atoms with Gasteiger partial charge in [0.25, 0.3) is 0 Å². The first-order valence-electron chi connectivity index (χ1n) is 14.0. The lowest BCUT2D eigenvalue weighted by atomic mass is 9.95. The van der Waals surface area contributed by atoms with Gasteiger partial charge in [0.15, 0.2) is 29.2 Å². The van der Waals surface area contributed by atoms with Crippen molar-refractivity contribution in [1.82, 2.24) is 16.1 Å². The second kappa shape index (κ2) is 16.1. The Bertz CT molecular complexity index is 1360. The lowest BCUT2D eigenvalue weighted by Crippen LogP contribution is -2.45. The Labute approximate surface area is 251 Å². The Balaban J connectivity index is 1.72. The summed E-state index contributed by atoms with van der Waals surface area (Å²) in [5, 5.41) is 20.0. The molecular weight excluding hydrogens is 556 g/mol. The molecule has 1 aliphatic rings.